The molecule has 1 N–H and O–H groups in total. The molecular weight excluding hydrogens is 224 g/mol. The van der Waals surface area contributed by atoms with E-state index in [0.717, 1.165) is 11.9 Å². The molecule has 2 saturated heterocycles. The van der Waals surface area contributed by atoms with Crippen LogP contribution in [0, 0.1) is 0 Å². The lowest BCUT2D eigenvalue weighted by Crippen LogP contribution is -2.24. The molecule has 18 heavy (non-hydrogen) atoms. The van der Waals surface area contributed by atoms with Crippen molar-refractivity contribution >= 4 is 0 Å². The lowest BCUT2D eigenvalue weighted by atomic mass is 9.85. The molecule has 3 atom stereocenters. The number of hydrogen-bond donors (Lipinski definition) is 1. The first kappa shape index (κ1) is 12.0. The van der Waals surface area contributed by atoms with E-state index in [1.807, 2.05) is 33.0 Å². The Morgan fingerprint density at radius 1 is 1.28 bits per heavy atom. The largest absolute Gasteiger partial charge is 0.472 e. The van der Waals surface area contributed by atoms with Crippen LogP contribution in [0.3, 0.4) is 0 Å². The van der Waals surface area contributed by atoms with Gasteiger partial charge in [0, 0.05) is 30.3 Å². The highest BCUT2D eigenvalue weighted by molar-refractivity contribution is 5.26. The molecule has 98 valence electrons. The van der Waals surface area contributed by atoms with Gasteiger partial charge in [-0.15, -0.1) is 0 Å². The minimum absolute atomic E-state index is 0.178. The molecule has 0 spiro atoms. The van der Waals surface area contributed by atoms with Crippen molar-refractivity contribution < 1.29 is 4.74 Å². The molecule has 3 heterocycles. The molecule has 0 aliphatic carbocycles. The fraction of sp³-hybridized carbons (Fsp3) is 0.667. The van der Waals surface area contributed by atoms with E-state index < -0.39 is 0 Å². The van der Waals surface area contributed by atoms with Crippen LogP contribution in [-0.4, -0.2) is 22.7 Å². The summed E-state index contributed by atoms with van der Waals surface area (Å²) in [5.41, 5.74) is 1.18. The number of ether oxygens (including phenoxy) is 1. The number of rotatable bonds is 2. The summed E-state index contributed by atoms with van der Waals surface area (Å²) in [5.74, 6) is 1.38. The molecule has 1 aromatic rings. The third-order valence-electron chi connectivity index (χ3n) is 3.90. The van der Waals surface area contributed by atoms with E-state index in [1.54, 1.807) is 0 Å². The average molecular weight is 246 g/mol. The van der Waals surface area contributed by atoms with Crippen molar-refractivity contribution in [2.75, 3.05) is 0 Å². The van der Waals surface area contributed by atoms with Gasteiger partial charge in [0.15, 0.2) is 0 Å². The van der Waals surface area contributed by atoms with Crippen molar-refractivity contribution in [3.05, 3.63) is 23.9 Å². The van der Waals surface area contributed by atoms with Crippen molar-refractivity contribution in [1.29, 1.82) is 0 Å². The fourth-order valence-electron chi connectivity index (χ4n) is 3.18. The van der Waals surface area contributed by atoms with E-state index >= 15 is 0 Å². The standard InChI is InChI=1S/C15H22N2O/c1-15(2,3)18-14-7-4-10(9-16-14)12-8-11-5-6-13(12)17-11/h4,7,9,11-13,17H,5-6,8H2,1-3H3. The highest BCUT2D eigenvalue weighted by atomic mass is 16.5. The van der Waals surface area contributed by atoms with Crippen LogP contribution in [0.15, 0.2) is 18.3 Å². The summed E-state index contributed by atoms with van der Waals surface area (Å²) in [4.78, 5) is 4.44. The molecule has 0 saturated carbocycles. The summed E-state index contributed by atoms with van der Waals surface area (Å²) in [6.45, 7) is 6.13. The second kappa shape index (κ2) is 4.23. The predicted octanol–water partition coefficient (Wildman–Crippen LogP) is 2.87. The highest BCUT2D eigenvalue weighted by Gasteiger charge is 2.39. The zero-order valence-electron chi connectivity index (χ0n) is 11.4. The zero-order chi connectivity index (χ0) is 12.8. The van der Waals surface area contributed by atoms with Gasteiger partial charge < -0.3 is 10.1 Å². The molecule has 3 nitrogen and oxygen atoms in total. The summed E-state index contributed by atoms with van der Waals surface area (Å²) < 4.78 is 5.75. The van der Waals surface area contributed by atoms with E-state index in [1.165, 1.54) is 24.8 Å². The van der Waals surface area contributed by atoms with Gasteiger partial charge in [0.25, 0.3) is 0 Å². The van der Waals surface area contributed by atoms with Crippen molar-refractivity contribution in [3.8, 4) is 5.88 Å². The van der Waals surface area contributed by atoms with Crippen LogP contribution >= 0.6 is 0 Å². The highest BCUT2D eigenvalue weighted by Crippen LogP contribution is 2.39. The third kappa shape index (κ3) is 2.37. The predicted molar refractivity (Wildman–Crippen MR) is 71.9 cm³/mol. The Balaban J connectivity index is 1.71. The first-order chi connectivity index (χ1) is 8.51. The van der Waals surface area contributed by atoms with Crippen LogP contribution in [-0.2, 0) is 0 Å². The summed E-state index contributed by atoms with van der Waals surface area (Å²) in [6.07, 6.45) is 5.93. The number of hydrogen-bond acceptors (Lipinski definition) is 3. The first-order valence-corrected chi connectivity index (χ1v) is 6.92. The Hall–Kier alpha value is -1.09. The Bertz CT molecular complexity index is 421. The second-order valence-electron chi connectivity index (χ2n) is 6.53. The van der Waals surface area contributed by atoms with Crippen LogP contribution in [0.4, 0.5) is 0 Å². The van der Waals surface area contributed by atoms with Gasteiger partial charge in [0.1, 0.15) is 5.60 Å². The van der Waals surface area contributed by atoms with Crippen LogP contribution < -0.4 is 10.1 Å². The SMILES string of the molecule is CC(C)(C)Oc1ccc(C2CC3CCC2N3)cn1. The Kier molecular flexibility index (Phi) is 2.81. The lowest BCUT2D eigenvalue weighted by Gasteiger charge is -2.22. The quantitative estimate of drug-likeness (QED) is 0.871. The molecule has 2 aliphatic heterocycles. The smallest absolute Gasteiger partial charge is 0.213 e. The molecule has 1 aromatic heterocycles. The minimum Gasteiger partial charge on any atom is -0.472 e. The number of nitrogens with zero attached hydrogens (tertiary/aromatic N) is 1. The maximum absolute atomic E-state index is 5.75. The van der Waals surface area contributed by atoms with Gasteiger partial charge in [-0.1, -0.05) is 6.07 Å². The monoisotopic (exact) mass is 246 g/mol. The Morgan fingerprint density at radius 3 is 2.61 bits per heavy atom. The van der Waals surface area contributed by atoms with Gasteiger partial charge in [0.2, 0.25) is 5.88 Å². The van der Waals surface area contributed by atoms with Crippen LogP contribution in [0.1, 0.15) is 51.5 Å². The zero-order valence-corrected chi connectivity index (χ0v) is 11.4. The van der Waals surface area contributed by atoms with Crippen LogP contribution in [0.5, 0.6) is 5.88 Å². The third-order valence-corrected chi connectivity index (χ3v) is 3.90. The van der Waals surface area contributed by atoms with E-state index in [2.05, 4.69) is 16.4 Å². The fourth-order valence-corrected chi connectivity index (χ4v) is 3.18. The number of pyridine rings is 1. The maximum Gasteiger partial charge on any atom is 0.213 e. The lowest BCUT2D eigenvalue weighted by molar-refractivity contribution is 0.124. The summed E-state index contributed by atoms with van der Waals surface area (Å²) in [5, 5.41) is 3.67. The van der Waals surface area contributed by atoms with E-state index in [9.17, 15) is 0 Å². The minimum atomic E-state index is -0.178. The van der Waals surface area contributed by atoms with Gasteiger partial charge in [-0.25, -0.2) is 4.98 Å². The van der Waals surface area contributed by atoms with Crippen molar-refractivity contribution in [3.63, 3.8) is 0 Å². The normalized spacial score (nSPS) is 30.7. The molecule has 3 heteroatoms. The molecule has 0 amide bonds. The molecule has 3 unspecified atom stereocenters. The Labute approximate surface area is 109 Å². The van der Waals surface area contributed by atoms with Crippen molar-refractivity contribution in [2.45, 2.75) is 63.6 Å². The van der Waals surface area contributed by atoms with E-state index in [4.69, 9.17) is 4.74 Å². The maximum atomic E-state index is 5.75. The molecule has 2 aliphatic rings. The molecule has 0 aromatic carbocycles. The van der Waals surface area contributed by atoms with Crippen LogP contribution in [0.2, 0.25) is 0 Å². The van der Waals surface area contributed by atoms with Crippen molar-refractivity contribution in [1.82, 2.24) is 10.3 Å². The van der Waals surface area contributed by atoms with E-state index in [0.29, 0.717) is 12.0 Å². The number of aromatic nitrogens is 1. The second-order valence-corrected chi connectivity index (χ2v) is 6.53. The van der Waals surface area contributed by atoms with Crippen LogP contribution in [0.25, 0.3) is 0 Å². The summed E-state index contributed by atoms with van der Waals surface area (Å²) in [6, 6.07) is 5.60. The number of nitrogens with one attached hydrogen (secondary N) is 1. The van der Waals surface area contributed by atoms with Gasteiger partial charge in [-0.3, -0.25) is 0 Å². The Morgan fingerprint density at radius 2 is 2.11 bits per heavy atom. The molecule has 0 radical (unpaired) electrons. The first-order valence-electron chi connectivity index (χ1n) is 6.92. The van der Waals surface area contributed by atoms with Gasteiger partial charge >= 0.3 is 0 Å². The molecule has 3 rings (SSSR count). The average Bonchev–Trinajstić information content (AvgIpc) is 2.89. The van der Waals surface area contributed by atoms with Gasteiger partial charge in [-0.2, -0.15) is 0 Å². The molecular formula is C15H22N2O. The summed E-state index contributed by atoms with van der Waals surface area (Å²) in [7, 11) is 0. The molecule has 2 bridgehead atoms. The van der Waals surface area contributed by atoms with Gasteiger partial charge in [-0.05, 0) is 45.6 Å². The van der Waals surface area contributed by atoms with Gasteiger partial charge in [0.05, 0.1) is 0 Å². The topological polar surface area (TPSA) is 34.1 Å². The van der Waals surface area contributed by atoms with Crippen molar-refractivity contribution in [2.24, 2.45) is 0 Å². The summed E-state index contributed by atoms with van der Waals surface area (Å²) >= 11 is 0. The molecule has 2 fully saturated rings. The van der Waals surface area contributed by atoms with E-state index in [-0.39, 0.29) is 5.60 Å². The number of fused-ring (bicyclic) bond motifs is 2.